The van der Waals surface area contributed by atoms with Crippen LogP contribution in [0.15, 0.2) is 0 Å². The van der Waals surface area contributed by atoms with Crippen molar-refractivity contribution in [2.75, 3.05) is 54.1 Å². The van der Waals surface area contributed by atoms with Gasteiger partial charge in [0.05, 0.1) is 47.5 Å². The van der Waals surface area contributed by atoms with Crippen LogP contribution in [0.5, 0.6) is 0 Å². The van der Waals surface area contributed by atoms with Crippen molar-refractivity contribution in [3.63, 3.8) is 0 Å². The Morgan fingerprint density at radius 2 is 1.02 bits per heavy atom. The maximum absolute atomic E-state index is 12.3. The van der Waals surface area contributed by atoms with Crippen molar-refractivity contribution in [2.45, 2.75) is 180 Å². The molecule has 2 atom stereocenters. The Morgan fingerprint density at radius 1 is 0.604 bits per heavy atom. The highest BCUT2D eigenvalue weighted by atomic mass is 31.2. The molecular formula is C38H76NO8P. The van der Waals surface area contributed by atoms with E-state index in [1.54, 1.807) is 0 Å². The Labute approximate surface area is 295 Å². The molecule has 2 unspecified atom stereocenters. The summed E-state index contributed by atoms with van der Waals surface area (Å²) in [6, 6.07) is 0. The first kappa shape index (κ1) is 47.2. The number of unbranched alkanes of at least 4 members (excludes halogenated alkanes) is 22. The largest absolute Gasteiger partial charge is 0.756 e. The van der Waals surface area contributed by atoms with E-state index in [-0.39, 0.29) is 25.4 Å². The molecule has 0 radical (unpaired) electrons. The number of phosphoric acid groups is 1. The Balaban J connectivity index is 4.00. The number of Topliss-reactive ketones (excluding diaryl/α,β-unsaturated/α-hetero) is 1. The Morgan fingerprint density at radius 3 is 1.46 bits per heavy atom. The fraction of sp³-hybridized carbons (Fsp3) is 0.947. The van der Waals surface area contributed by atoms with E-state index in [1.807, 2.05) is 0 Å². The van der Waals surface area contributed by atoms with Gasteiger partial charge in [-0.3, -0.25) is 14.2 Å². The van der Waals surface area contributed by atoms with Gasteiger partial charge in [-0.25, -0.2) is 0 Å². The Bertz CT molecular complexity index is 804. The Kier molecular flexibility index (Phi) is 31.5. The van der Waals surface area contributed by atoms with Crippen LogP contribution in [-0.2, 0) is 32.7 Å². The standard InChI is InChI=1S/C38H76NO8P/c1-6-7-8-9-10-11-12-13-14-15-16-17-19-22-25-28-31-44-34-37(47-38(41)33-36(2)40)35-46-48(42,43)45-32-29-26-23-20-18-21-24-27-30-39(3,4)5/h37H,6-35H2,1-5H3. The molecule has 9 nitrogen and oxygen atoms in total. The average Bonchev–Trinajstić information content (AvgIpc) is 3.00. The lowest BCUT2D eigenvalue weighted by atomic mass is 10.0. The zero-order valence-electron chi connectivity index (χ0n) is 32.0. The second kappa shape index (κ2) is 32.1. The minimum atomic E-state index is -4.55. The minimum absolute atomic E-state index is 0.00226. The predicted molar refractivity (Wildman–Crippen MR) is 195 cm³/mol. The summed E-state index contributed by atoms with van der Waals surface area (Å²) < 4.78 is 34.3. The third kappa shape index (κ3) is 36.5. The van der Waals surface area contributed by atoms with Gasteiger partial charge in [0.15, 0.2) is 0 Å². The van der Waals surface area contributed by atoms with Crippen molar-refractivity contribution in [2.24, 2.45) is 0 Å². The van der Waals surface area contributed by atoms with Crippen molar-refractivity contribution >= 4 is 19.6 Å². The second-order valence-electron chi connectivity index (χ2n) is 14.8. The van der Waals surface area contributed by atoms with E-state index in [0.29, 0.717) is 13.0 Å². The molecule has 48 heavy (non-hydrogen) atoms. The van der Waals surface area contributed by atoms with Gasteiger partial charge in [-0.15, -0.1) is 0 Å². The smallest absolute Gasteiger partial charge is 0.313 e. The monoisotopic (exact) mass is 706 g/mol. The average molecular weight is 706 g/mol. The summed E-state index contributed by atoms with van der Waals surface area (Å²) >= 11 is 0. The lowest BCUT2D eigenvalue weighted by Gasteiger charge is -2.25. The van der Waals surface area contributed by atoms with Gasteiger partial charge in [0, 0.05) is 6.61 Å². The lowest BCUT2D eigenvalue weighted by molar-refractivity contribution is -0.870. The van der Waals surface area contributed by atoms with Crippen LogP contribution in [0, 0.1) is 0 Å². The van der Waals surface area contributed by atoms with Crippen LogP contribution in [0.3, 0.4) is 0 Å². The lowest BCUT2D eigenvalue weighted by Crippen LogP contribution is -2.35. The summed E-state index contributed by atoms with van der Waals surface area (Å²) in [4.78, 5) is 35.7. The number of esters is 1. The van der Waals surface area contributed by atoms with Gasteiger partial charge >= 0.3 is 5.97 Å². The number of rotatable bonds is 37. The van der Waals surface area contributed by atoms with E-state index in [9.17, 15) is 19.0 Å². The number of phosphoric ester groups is 1. The molecule has 0 saturated carbocycles. The molecule has 0 saturated heterocycles. The molecule has 0 spiro atoms. The van der Waals surface area contributed by atoms with E-state index < -0.39 is 26.5 Å². The van der Waals surface area contributed by atoms with E-state index in [2.05, 4.69) is 28.1 Å². The third-order valence-corrected chi connectivity index (χ3v) is 9.49. The number of ketones is 1. The highest BCUT2D eigenvalue weighted by Gasteiger charge is 2.20. The van der Waals surface area contributed by atoms with Crippen LogP contribution >= 0.6 is 7.82 Å². The number of nitrogens with zero attached hydrogens (tertiary/aromatic N) is 1. The number of quaternary nitrogens is 1. The second-order valence-corrected chi connectivity index (χ2v) is 16.2. The molecule has 0 fully saturated rings. The molecule has 0 amide bonds. The van der Waals surface area contributed by atoms with Crippen LogP contribution in [0.25, 0.3) is 0 Å². The molecule has 0 rings (SSSR count). The summed E-state index contributed by atoms with van der Waals surface area (Å²) in [5.41, 5.74) is 0. The van der Waals surface area contributed by atoms with Crippen LogP contribution in [0.2, 0.25) is 0 Å². The van der Waals surface area contributed by atoms with Crippen LogP contribution in [-0.4, -0.2) is 76.5 Å². The molecular weight excluding hydrogens is 629 g/mol. The molecule has 0 bridgehead atoms. The van der Waals surface area contributed by atoms with Crippen molar-refractivity contribution in [1.29, 1.82) is 0 Å². The van der Waals surface area contributed by atoms with Crippen molar-refractivity contribution in [3.05, 3.63) is 0 Å². The van der Waals surface area contributed by atoms with Crippen LogP contribution in [0.4, 0.5) is 0 Å². The first-order valence-corrected chi connectivity index (χ1v) is 21.1. The quantitative estimate of drug-likeness (QED) is 0.0207. The molecule has 0 aromatic carbocycles. The summed E-state index contributed by atoms with van der Waals surface area (Å²) in [5, 5.41) is 0. The molecule has 0 heterocycles. The van der Waals surface area contributed by atoms with E-state index in [1.165, 1.54) is 123 Å². The molecule has 0 aliphatic carbocycles. The molecule has 0 aromatic rings. The molecule has 10 heteroatoms. The molecule has 0 aliphatic rings. The zero-order valence-corrected chi connectivity index (χ0v) is 32.8. The highest BCUT2D eigenvalue weighted by molar-refractivity contribution is 7.45. The molecule has 0 aliphatic heterocycles. The first-order valence-electron chi connectivity index (χ1n) is 19.6. The number of hydrogen-bond acceptors (Lipinski definition) is 8. The summed E-state index contributed by atoms with van der Waals surface area (Å²) in [6.07, 6.45) is 28.0. The first-order chi connectivity index (χ1) is 22.9. The highest BCUT2D eigenvalue weighted by Crippen LogP contribution is 2.38. The van der Waals surface area contributed by atoms with Gasteiger partial charge in [-0.2, -0.15) is 0 Å². The number of hydrogen-bond donors (Lipinski definition) is 0. The van der Waals surface area contributed by atoms with Crippen molar-refractivity contribution in [3.8, 4) is 0 Å². The van der Waals surface area contributed by atoms with Gasteiger partial charge in [0.25, 0.3) is 7.82 Å². The normalized spacial score (nSPS) is 13.8. The van der Waals surface area contributed by atoms with Gasteiger partial charge in [0.2, 0.25) is 0 Å². The van der Waals surface area contributed by atoms with Crippen LogP contribution in [0.1, 0.15) is 174 Å². The maximum Gasteiger partial charge on any atom is 0.313 e. The third-order valence-electron chi connectivity index (χ3n) is 8.53. The van der Waals surface area contributed by atoms with E-state index in [0.717, 1.165) is 43.0 Å². The summed E-state index contributed by atoms with van der Waals surface area (Å²) in [7, 11) is 2.10. The van der Waals surface area contributed by atoms with Crippen molar-refractivity contribution < 1.29 is 42.1 Å². The van der Waals surface area contributed by atoms with E-state index >= 15 is 0 Å². The maximum atomic E-state index is 12.3. The van der Waals surface area contributed by atoms with Gasteiger partial charge in [0.1, 0.15) is 18.3 Å². The van der Waals surface area contributed by atoms with Gasteiger partial charge in [-0.1, -0.05) is 135 Å². The predicted octanol–water partition coefficient (Wildman–Crippen LogP) is 9.48. The number of carbonyl (C=O) groups is 2. The topological polar surface area (TPSA) is 111 Å². The van der Waals surface area contributed by atoms with Crippen molar-refractivity contribution in [1.82, 2.24) is 0 Å². The molecule has 286 valence electrons. The van der Waals surface area contributed by atoms with E-state index in [4.69, 9.17) is 18.5 Å². The molecule has 0 N–H and O–H groups in total. The van der Waals surface area contributed by atoms with Crippen LogP contribution < -0.4 is 4.89 Å². The fourth-order valence-corrected chi connectivity index (χ4v) is 6.43. The zero-order chi connectivity index (χ0) is 35.8. The summed E-state index contributed by atoms with van der Waals surface area (Å²) in [6.45, 7) is 4.91. The SMILES string of the molecule is CCCCCCCCCCCCCCCCCCOCC(COP(=O)([O-])OCCCCCCCCCC[N+](C)(C)C)OC(=O)CC(C)=O. The number of carbonyl (C=O) groups excluding carboxylic acids is 2. The Hall–Kier alpha value is -0.830. The number of ether oxygens (including phenoxy) is 2. The summed E-state index contributed by atoms with van der Waals surface area (Å²) in [5.74, 6) is -1.05. The van der Waals surface area contributed by atoms with Gasteiger partial charge < -0.3 is 27.9 Å². The fourth-order valence-electron chi connectivity index (χ4n) is 5.65. The van der Waals surface area contributed by atoms with Gasteiger partial charge in [-0.05, 0) is 32.6 Å². The minimum Gasteiger partial charge on any atom is -0.756 e. The molecule has 0 aromatic heterocycles.